The van der Waals surface area contributed by atoms with Gasteiger partial charge >= 0.3 is 0 Å². The summed E-state index contributed by atoms with van der Waals surface area (Å²) >= 11 is 0. The highest BCUT2D eigenvalue weighted by molar-refractivity contribution is 5.15. The van der Waals surface area contributed by atoms with Crippen molar-refractivity contribution in [3.05, 3.63) is 35.6 Å². The minimum atomic E-state index is -0.147. The summed E-state index contributed by atoms with van der Waals surface area (Å²) in [6.45, 7) is 5.64. The van der Waals surface area contributed by atoms with Gasteiger partial charge in [0.05, 0.1) is 0 Å². The van der Waals surface area contributed by atoms with E-state index >= 15 is 0 Å². The minimum Gasteiger partial charge on any atom is -0.299 e. The Kier molecular flexibility index (Phi) is 3.37. The van der Waals surface area contributed by atoms with Crippen LogP contribution in [0.25, 0.3) is 0 Å². The molecule has 0 bridgehead atoms. The van der Waals surface area contributed by atoms with Crippen LogP contribution in [0, 0.1) is 11.7 Å². The molecule has 1 aromatic rings. The lowest BCUT2D eigenvalue weighted by Gasteiger charge is -2.30. The fraction of sp³-hybridized carbons (Fsp3) is 0.538. The molecule has 0 N–H and O–H groups in total. The second-order valence-electron chi connectivity index (χ2n) is 4.59. The molecule has 0 aromatic heterocycles. The Bertz CT molecular complexity index is 299. The molecule has 1 aliphatic heterocycles. The summed E-state index contributed by atoms with van der Waals surface area (Å²) in [4.78, 5) is 2.45. The normalized spacial score (nSPS) is 19.3. The molecule has 1 heterocycles. The zero-order valence-electron chi connectivity index (χ0n) is 9.25. The molecule has 1 fully saturated rings. The maximum absolute atomic E-state index is 12.7. The van der Waals surface area contributed by atoms with Crippen LogP contribution in [0.4, 0.5) is 4.39 Å². The van der Waals surface area contributed by atoms with Crippen molar-refractivity contribution in [2.24, 2.45) is 5.92 Å². The maximum Gasteiger partial charge on any atom is 0.123 e. The molecular formula is C13H18FN. The third-order valence-electron chi connectivity index (χ3n) is 3.20. The number of benzene rings is 1. The largest absolute Gasteiger partial charge is 0.299 e. The van der Waals surface area contributed by atoms with Crippen molar-refractivity contribution in [3.63, 3.8) is 0 Å². The first-order valence-corrected chi connectivity index (χ1v) is 5.71. The molecule has 2 heteroatoms. The van der Waals surface area contributed by atoms with Crippen molar-refractivity contribution >= 4 is 0 Å². The second-order valence-corrected chi connectivity index (χ2v) is 4.59. The maximum atomic E-state index is 12.7. The van der Waals surface area contributed by atoms with Crippen molar-refractivity contribution in [1.29, 1.82) is 0 Å². The third kappa shape index (κ3) is 3.03. The van der Waals surface area contributed by atoms with Crippen LogP contribution in [0.15, 0.2) is 24.3 Å². The van der Waals surface area contributed by atoms with Crippen molar-refractivity contribution in [1.82, 2.24) is 4.90 Å². The highest BCUT2D eigenvalue weighted by Crippen LogP contribution is 2.18. The topological polar surface area (TPSA) is 3.24 Å². The first kappa shape index (κ1) is 10.6. The van der Waals surface area contributed by atoms with E-state index in [1.165, 1.54) is 31.5 Å². The van der Waals surface area contributed by atoms with E-state index in [-0.39, 0.29) is 5.82 Å². The van der Waals surface area contributed by atoms with Crippen LogP contribution in [0.5, 0.6) is 0 Å². The van der Waals surface area contributed by atoms with E-state index in [1.807, 2.05) is 12.1 Å². The van der Waals surface area contributed by atoms with E-state index in [2.05, 4.69) is 11.8 Å². The van der Waals surface area contributed by atoms with Gasteiger partial charge in [0.25, 0.3) is 0 Å². The Morgan fingerprint density at radius 3 is 2.40 bits per heavy atom. The van der Waals surface area contributed by atoms with E-state index in [0.29, 0.717) is 0 Å². The van der Waals surface area contributed by atoms with Gasteiger partial charge in [-0.05, 0) is 49.5 Å². The third-order valence-corrected chi connectivity index (χ3v) is 3.20. The number of halogens is 1. The van der Waals surface area contributed by atoms with E-state index in [0.717, 1.165) is 12.5 Å². The summed E-state index contributed by atoms with van der Waals surface area (Å²) in [5.41, 5.74) is 1.21. The molecule has 15 heavy (non-hydrogen) atoms. The molecule has 1 saturated heterocycles. The predicted molar refractivity (Wildman–Crippen MR) is 60.1 cm³/mol. The molecule has 0 unspecified atom stereocenters. The van der Waals surface area contributed by atoms with Gasteiger partial charge in [0, 0.05) is 6.54 Å². The molecule has 0 atom stereocenters. The van der Waals surface area contributed by atoms with Gasteiger partial charge in [-0.2, -0.15) is 0 Å². The number of hydrogen-bond acceptors (Lipinski definition) is 1. The highest BCUT2D eigenvalue weighted by atomic mass is 19.1. The molecule has 0 spiro atoms. The van der Waals surface area contributed by atoms with Gasteiger partial charge < -0.3 is 0 Å². The SMILES string of the molecule is CC1CCN(Cc2ccc(F)cc2)CC1. The van der Waals surface area contributed by atoms with Gasteiger partial charge in [0.2, 0.25) is 0 Å². The average molecular weight is 207 g/mol. The standard InChI is InChI=1S/C13H18FN/c1-11-6-8-15(9-7-11)10-12-2-4-13(14)5-3-12/h2-5,11H,6-10H2,1H3. The van der Waals surface area contributed by atoms with Gasteiger partial charge in [-0.25, -0.2) is 4.39 Å². The van der Waals surface area contributed by atoms with Crippen LogP contribution in [0.2, 0.25) is 0 Å². The van der Waals surface area contributed by atoms with Crippen molar-refractivity contribution in [3.8, 4) is 0 Å². The lowest BCUT2D eigenvalue weighted by Crippen LogP contribution is -2.32. The fourth-order valence-corrected chi connectivity index (χ4v) is 2.07. The fourth-order valence-electron chi connectivity index (χ4n) is 2.07. The van der Waals surface area contributed by atoms with Crippen LogP contribution in [-0.4, -0.2) is 18.0 Å². The summed E-state index contributed by atoms with van der Waals surface area (Å²) in [6, 6.07) is 6.85. The van der Waals surface area contributed by atoms with Gasteiger partial charge in [0.15, 0.2) is 0 Å². The smallest absolute Gasteiger partial charge is 0.123 e. The summed E-state index contributed by atoms with van der Waals surface area (Å²) in [5, 5.41) is 0. The Hall–Kier alpha value is -0.890. The van der Waals surface area contributed by atoms with Crippen molar-refractivity contribution in [2.75, 3.05) is 13.1 Å². The number of nitrogens with zero attached hydrogens (tertiary/aromatic N) is 1. The summed E-state index contributed by atoms with van der Waals surface area (Å²) in [5.74, 6) is 0.723. The van der Waals surface area contributed by atoms with Crippen LogP contribution >= 0.6 is 0 Å². The lowest BCUT2D eigenvalue weighted by atomic mass is 9.99. The molecule has 1 aromatic carbocycles. The van der Waals surface area contributed by atoms with Crippen molar-refractivity contribution in [2.45, 2.75) is 26.3 Å². The summed E-state index contributed by atoms with van der Waals surface area (Å²) < 4.78 is 12.7. The van der Waals surface area contributed by atoms with Crippen LogP contribution in [-0.2, 0) is 6.54 Å². The van der Waals surface area contributed by atoms with Crippen molar-refractivity contribution < 1.29 is 4.39 Å². The molecule has 0 radical (unpaired) electrons. The summed E-state index contributed by atoms with van der Waals surface area (Å²) in [7, 11) is 0. The number of likely N-dealkylation sites (tertiary alicyclic amines) is 1. The van der Waals surface area contributed by atoms with E-state index < -0.39 is 0 Å². The first-order chi connectivity index (χ1) is 7.24. The van der Waals surface area contributed by atoms with E-state index in [1.54, 1.807) is 12.1 Å². The zero-order valence-corrected chi connectivity index (χ0v) is 9.25. The highest BCUT2D eigenvalue weighted by Gasteiger charge is 2.15. The van der Waals surface area contributed by atoms with E-state index in [4.69, 9.17) is 0 Å². The molecule has 0 aliphatic carbocycles. The monoisotopic (exact) mass is 207 g/mol. The van der Waals surface area contributed by atoms with Gasteiger partial charge in [0.1, 0.15) is 5.82 Å². The zero-order chi connectivity index (χ0) is 10.7. The predicted octanol–water partition coefficient (Wildman–Crippen LogP) is 3.06. The Labute approximate surface area is 90.9 Å². The lowest BCUT2D eigenvalue weighted by molar-refractivity contribution is 0.185. The van der Waals surface area contributed by atoms with E-state index in [9.17, 15) is 4.39 Å². The second kappa shape index (κ2) is 4.75. The van der Waals surface area contributed by atoms with Gasteiger partial charge in [-0.3, -0.25) is 4.90 Å². The molecule has 2 rings (SSSR count). The minimum absolute atomic E-state index is 0.147. The molecule has 82 valence electrons. The quantitative estimate of drug-likeness (QED) is 0.720. The Balaban J connectivity index is 1.89. The van der Waals surface area contributed by atoms with Crippen LogP contribution in [0.3, 0.4) is 0 Å². The number of rotatable bonds is 2. The average Bonchev–Trinajstić information content (AvgIpc) is 2.25. The van der Waals surface area contributed by atoms with Crippen LogP contribution < -0.4 is 0 Å². The molecular weight excluding hydrogens is 189 g/mol. The van der Waals surface area contributed by atoms with Gasteiger partial charge in [-0.1, -0.05) is 19.1 Å². The van der Waals surface area contributed by atoms with Crippen LogP contribution in [0.1, 0.15) is 25.3 Å². The molecule has 0 amide bonds. The van der Waals surface area contributed by atoms with Gasteiger partial charge in [-0.15, -0.1) is 0 Å². The first-order valence-electron chi connectivity index (χ1n) is 5.71. The summed E-state index contributed by atoms with van der Waals surface area (Å²) in [6.07, 6.45) is 2.59. The Morgan fingerprint density at radius 1 is 1.20 bits per heavy atom. The molecule has 1 aliphatic rings. The molecule has 0 saturated carbocycles. The molecule has 1 nitrogen and oxygen atoms in total. The number of hydrogen-bond donors (Lipinski definition) is 0. The Morgan fingerprint density at radius 2 is 1.80 bits per heavy atom. The number of piperidine rings is 1.